The fraction of sp³-hybridized carbons (Fsp3) is 0.350. The standard InChI is InChI=1S/C20H22N4OS/c1-21-20-22-18(19-24(20)9-10-26-19)16-6-4-8-23(16)12-14-11-15-5-2-3-7-17(15)25-13-14/h2-3,5,7,9-11,16H,4,6,8,12-13H2,1H3,(H,21,22)/t16-/m1/s1. The van der Waals surface area contributed by atoms with Crippen molar-refractivity contribution in [3.63, 3.8) is 0 Å². The van der Waals surface area contributed by atoms with Gasteiger partial charge in [0.1, 0.15) is 17.2 Å². The Bertz CT molecular complexity index is 973. The molecule has 0 saturated carbocycles. The van der Waals surface area contributed by atoms with Crippen molar-refractivity contribution in [2.45, 2.75) is 18.9 Å². The van der Waals surface area contributed by atoms with Gasteiger partial charge in [-0.2, -0.15) is 0 Å². The van der Waals surface area contributed by atoms with E-state index in [1.165, 1.54) is 34.5 Å². The summed E-state index contributed by atoms with van der Waals surface area (Å²) < 4.78 is 8.11. The molecule has 0 unspecified atom stereocenters. The summed E-state index contributed by atoms with van der Waals surface area (Å²) in [5, 5.41) is 5.35. The number of imidazole rings is 1. The van der Waals surface area contributed by atoms with Gasteiger partial charge >= 0.3 is 0 Å². The van der Waals surface area contributed by atoms with Crippen molar-refractivity contribution in [1.82, 2.24) is 14.3 Å². The molecule has 0 bridgehead atoms. The molecule has 134 valence electrons. The Kier molecular flexibility index (Phi) is 3.94. The zero-order chi connectivity index (χ0) is 17.5. The van der Waals surface area contributed by atoms with Crippen LogP contribution in [-0.4, -0.2) is 41.0 Å². The predicted molar refractivity (Wildman–Crippen MR) is 106 cm³/mol. The first-order valence-electron chi connectivity index (χ1n) is 9.12. The number of aromatic nitrogens is 2. The molecule has 1 fully saturated rings. The van der Waals surface area contributed by atoms with Crippen molar-refractivity contribution in [1.29, 1.82) is 0 Å². The van der Waals surface area contributed by atoms with E-state index in [0.29, 0.717) is 12.6 Å². The molecule has 5 nitrogen and oxygen atoms in total. The number of hydrogen-bond acceptors (Lipinski definition) is 5. The minimum absolute atomic E-state index is 0.379. The maximum Gasteiger partial charge on any atom is 0.208 e. The van der Waals surface area contributed by atoms with E-state index in [0.717, 1.165) is 24.8 Å². The van der Waals surface area contributed by atoms with Crippen LogP contribution in [0.15, 0.2) is 41.4 Å². The van der Waals surface area contributed by atoms with Crippen molar-refractivity contribution in [2.75, 3.05) is 32.1 Å². The number of thiazole rings is 1. The van der Waals surface area contributed by atoms with E-state index in [4.69, 9.17) is 9.72 Å². The number of hydrogen-bond donors (Lipinski definition) is 1. The van der Waals surface area contributed by atoms with Crippen molar-refractivity contribution in [3.8, 4) is 5.75 Å². The number of likely N-dealkylation sites (tertiary alicyclic amines) is 1. The van der Waals surface area contributed by atoms with Crippen LogP contribution in [0.5, 0.6) is 5.75 Å². The normalized spacial score (nSPS) is 20.0. The summed E-state index contributed by atoms with van der Waals surface area (Å²) >= 11 is 1.77. The average molecular weight is 366 g/mol. The Morgan fingerprint density at radius 2 is 2.27 bits per heavy atom. The lowest BCUT2D eigenvalue weighted by atomic mass is 10.1. The molecule has 0 amide bonds. The van der Waals surface area contributed by atoms with Crippen molar-refractivity contribution in [2.24, 2.45) is 0 Å². The first kappa shape index (κ1) is 15.9. The van der Waals surface area contributed by atoms with Crippen LogP contribution in [0.25, 0.3) is 10.9 Å². The van der Waals surface area contributed by atoms with Crippen molar-refractivity contribution in [3.05, 3.63) is 52.7 Å². The Hall–Kier alpha value is -2.31. The number of fused-ring (bicyclic) bond motifs is 2. The molecular weight excluding hydrogens is 344 g/mol. The molecule has 1 N–H and O–H groups in total. The van der Waals surface area contributed by atoms with Crippen LogP contribution in [0.4, 0.5) is 5.95 Å². The second-order valence-corrected chi connectivity index (χ2v) is 7.80. The lowest BCUT2D eigenvalue weighted by Crippen LogP contribution is -2.28. The van der Waals surface area contributed by atoms with Gasteiger partial charge in [-0.1, -0.05) is 18.2 Å². The molecule has 4 heterocycles. The summed E-state index contributed by atoms with van der Waals surface area (Å²) in [6.07, 6.45) is 6.77. The molecule has 2 aromatic heterocycles. The number of ether oxygens (including phenoxy) is 1. The molecule has 1 aromatic carbocycles. The van der Waals surface area contributed by atoms with Gasteiger partial charge in [0.2, 0.25) is 5.95 Å². The molecule has 2 aliphatic heterocycles. The third kappa shape index (κ3) is 2.61. The zero-order valence-electron chi connectivity index (χ0n) is 14.8. The van der Waals surface area contributed by atoms with Crippen LogP contribution in [-0.2, 0) is 0 Å². The molecule has 0 radical (unpaired) electrons. The van der Waals surface area contributed by atoms with Crippen molar-refractivity contribution < 1.29 is 4.74 Å². The highest BCUT2D eigenvalue weighted by atomic mass is 32.1. The van der Waals surface area contributed by atoms with E-state index >= 15 is 0 Å². The first-order valence-corrected chi connectivity index (χ1v) is 10.00. The van der Waals surface area contributed by atoms with Crippen molar-refractivity contribution >= 4 is 28.2 Å². The number of para-hydroxylation sites is 1. The summed E-state index contributed by atoms with van der Waals surface area (Å²) in [6.45, 7) is 2.74. The number of nitrogens with one attached hydrogen (secondary N) is 1. The fourth-order valence-corrected chi connectivity index (χ4v) is 4.96. The summed E-state index contributed by atoms with van der Waals surface area (Å²) in [5.74, 6) is 1.92. The zero-order valence-corrected chi connectivity index (χ0v) is 15.6. The van der Waals surface area contributed by atoms with Gasteiger partial charge in [-0.15, -0.1) is 11.3 Å². The van der Waals surface area contributed by atoms with Gasteiger partial charge in [0.15, 0.2) is 0 Å². The SMILES string of the molecule is CNc1nc([C@H]2CCCN2CC2=Cc3ccccc3OC2)c2sccn12. The minimum Gasteiger partial charge on any atom is -0.489 e. The first-order chi connectivity index (χ1) is 12.8. The van der Waals surface area contributed by atoms with Gasteiger partial charge < -0.3 is 10.1 Å². The second-order valence-electron chi connectivity index (χ2n) is 6.91. The van der Waals surface area contributed by atoms with Crippen LogP contribution in [0.1, 0.15) is 30.1 Å². The molecule has 2 aliphatic rings. The van der Waals surface area contributed by atoms with Crippen LogP contribution < -0.4 is 10.1 Å². The van der Waals surface area contributed by atoms with Gasteiger partial charge in [0.25, 0.3) is 0 Å². The number of rotatable bonds is 4. The van der Waals surface area contributed by atoms with Gasteiger partial charge in [-0.05, 0) is 37.1 Å². The number of nitrogens with zero attached hydrogens (tertiary/aromatic N) is 3. The summed E-state index contributed by atoms with van der Waals surface area (Å²) in [7, 11) is 1.93. The van der Waals surface area contributed by atoms with E-state index < -0.39 is 0 Å². The third-order valence-corrected chi connectivity index (χ3v) is 6.17. The fourth-order valence-electron chi connectivity index (χ4n) is 4.08. The molecule has 0 aliphatic carbocycles. The number of benzene rings is 1. The predicted octanol–water partition coefficient (Wildman–Crippen LogP) is 4.05. The summed E-state index contributed by atoms with van der Waals surface area (Å²) in [6, 6.07) is 8.64. The Morgan fingerprint density at radius 1 is 1.35 bits per heavy atom. The summed E-state index contributed by atoms with van der Waals surface area (Å²) in [4.78, 5) is 8.71. The van der Waals surface area contributed by atoms with Gasteiger partial charge in [0.05, 0.1) is 11.7 Å². The maximum atomic E-state index is 5.94. The minimum atomic E-state index is 0.379. The Balaban J connectivity index is 1.43. The molecule has 5 rings (SSSR count). The quantitative estimate of drug-likeness (QED) is 0.756. The van der Waals surface area contributed by atoms with Gasteiger partial charge in [-0.3, -0.25) is 9.30 Å². The van der Waals surface area contributed by atoms with E-state index in [9.17, 15) is 0 Å². The average Bonchev–Trinajstić information content (AvgIpc) is 3.38. The van der Waals surface area contributed by atoms with Crippen LogP contribution in [0.2, 0.25) is 0 Å². The lowest BCUT2D eigenvalue weighted by Gasteiger charge is -2.26. The van der Waals surface area contributed by atoms with E-state index in [1.807, 2.05) is 19.2 Å². The molecule has 3 aromatic rings. The highest BCUT2D eigenvalue weighted by molar-refractivity contribution is 7.15. The molecule has 1 saturated heterocycles. The molecule has 0 spiro atoms. The third-order valence-electron chi connectivity index (χ3n) is 5.28. The highest BCUT2D eigenvalue weighted by Gasteiger charge is 2.31. The molecule has 1 atom stereocenters. The van der Waals surface area contributed by atoms with E-state index in [1.54, 1.807) is 11.3 Å². The molecule has 26 heavy (non-hydrogen) atoms. The highest BCUT2D eigenvalue weighted by Crippen LogP contribution is 2.37. The van der Waals surface area contributed by atoms with E-state index in [2.05, 4.69) is 44.4 Å². The molecule has 6 heteroatoms. The topological polar surface area (TPSA) is 41.8 Å². The maximum absolute atomic E-state index is 5.94. The summed E-state index contributed by atoms with van der Waals surface area (Å²) in [5.41, 5.74) is 3.73. The molecular formula is C20H22N4OS. The monoisotopic (exact) mass is 366 g/mol. The Labute approximate surface area is 156 Å². The number of anilines is 1. The van der Waals surface area contributed by atoms with Gasteiger partial charge in [0, 0.05) is 30.7 Å². The van der Waals surface area contributed by atoms with E-state index in [-0.39, 0.29) is 0 Å². The largest absolute Gasteiger partial charge is 0.489 e. The van der Waals surface area contributed by atoms with Crippen LogP contribution in [0.3, 0.4) is 0 Å². The smallest absolute Gasteiger partial charge is 0.208 e. The second kappa shape index (κ2) is 6.45. The van der Waals surface area contributed by atoms with Gasteiger partial charge in [-0.25, -0.2) is 4.98 Å². The Morgan fingerprint density at radius 3 is 3.19 bits per heavy atom. The van der Waals surface area contributed by atoms with Crippen LogP contribution in [0, 0.1) is 0 Å². The lowest BCUT2D eigenvalue weighted by molar-refractivity contribution is 0.258. The van der Waals surface area contributed by atoms with Crippen LogP contribution >= 0.6 is 11.3 Å².